The van der Waals surface area contributed by atoms with Crippen molar-refractivity contribution in [3.8, 4) is 17.2 Å². The second-order valence-corrected chi connectivity index (χ2v) is 35.8. The minimum Gasteiger partial charge on any atom is -0.505 e. The number of nitrogens with one attached hydrogen (secondary N) is 5. The third-order valence-electron chi connectivity index (χ3n) is 20.3. The van der Waals surface area contributed by atoms with Gasteiger partial charge in [0, 0.05) is 63.5 Å². The first kappa shape index (κ1) is 99.8. The predicted molar refractivity (Wildman–Crippen MR) is 525 cm³/mol. The van der Waals surface area contributed by atoms with E-state index in [0.29, 0.717) is 113 Å². The van der Waals surface area contributed by atoms with Crippen molar-refractivity contribution in [2.24, 2.45) is 30.7 Å². The molecule has 0 unspecified atom stereocenters. The van der Waals surface area contributed by atoms with Crippen LogP contribution in [0.25, 0.3) is 64.6 Å². The second-order valence-electron chi connectivity index (χ2n) is 28.8. The first-order chi connectivity index (χ1) is 66.9. The van der Waals surface area contributed by atoms with Gasteiger partial charge in [-0.2, -0.15) is 61.7 Å². The summed E-state index contributed by atoms with van der Waals surface area (Å²) in [5.41, 5.74) is 11.7. The van der Waals surface area contributed by atoms with Crippen LogP contribution >= 0.6 is 94.6 Å². The molecule has 139 heavy (non-hydrogen) atoms. The summed E-state index contributed by atoms with van der Waals surface area (Å²) >= 11 is 27.2. The van der Waals surface area contributed by atoms with Crippen LogP contribution in [0.1, 0.15) is 16.7 Å². The Morgan fingerprint density at radius 2 is 0.755 bits per heavy atom. The second kappa shape index (κ2) is 44.4. The summed E-state index contributed by atoms with van der Waals surface area (Å²) < 4.78 is 90.3. The number of benzene rings is 14. The molecule has 3 heterocycles. The number of aryl methyl sites for hydroxylation is 3. The number of hydrogen-bond donors (Lipinski definition) is 15. The number of aromatic hydroxyl groups is 3. The van der Waals surface area contributed by atoms with Crippen LogP contribution < -0.4 is 37.2 Å². The molecule has 0 saturated carbocycles. The van der Waals surface area contributed by atoms with Crippen LogP contribution in [0, 0.1) is 20.8 Å². The molecule has 17 rings (SSSR count). The van der Waals surface area contributed by atoms with E-state index in [1.54, 1.807) is 116 Å². The first-order valence-electron chi connectivity index (χ1n) is 39.5. The van der Waals surface area contributed by atoms with E-state index in [4.69, 9.17) is 86.2 Å². The van der Waals surface area contributed by atoms with E-state index in [2.05, 4.69) is 127 Å². The van der Waals surface area contributed by atoms with Gasteiger partial charge < -0.3 is 52.5 Å². The number of para-hydroxylation sites is 4. The average Bonchev–Trinajstić information content (AvgIpc) is 0.762. The topological polar surface area (TPSA) is 604 Å². The number of fused-ring (bicyclic) bond motifs is 6. The molecule has 710 valence electrons. The van der Waals surface area contributed by atoms with Gasteiger partial charge in [-0.05, 0) is 231 Å². The molecule has 14 aromatic carbocycles. The van der Waals surface area contributed by atoms with Gasteiger partial charge in [-0.15, -0.1) is 48.0 Å². The van der Waals surface area contributed by atoms with Crippen LogP contribution in [0.2, 0.25) is 21.1 Å². The van der Waals surface area contributed by atoms with E-state index in [0.717, 1.165) is 62.2 Å². The van der Waals surface area contributed by atoms with Gasteiger partial charge in [0.05, 0.1) is 90.5 Å². The zero-order valence-corrected chi connectivity index (χ0v) is 79.2. The zero-order valence-electron chi connectivity index (χ0n) is 71.3. The lowest BCUT2D eigenvalue weighted by Gasteiger charge is -2.21. The van der Waals surface area contributed by atoms with Crippen molar-refractivity contribution in [1.82, 2.24) is 44.9 Å². The van der Waals surface area contributed by atoms with Crippen LogP contribution in [0.3, 0.4) is 0 Å². The Morgan fingerprint density at radius 1 is 0.374 bits per heavy atom. The van der Waals surface area contributed by atoms with Gasteiger partial charge in [0.25, 0.3) is 20.2 Å². The van der Waals surface area contributed by atoms with Crippen molar-refractivity contribution in [3.05, 3.63) is 250 Å². The molecule has 3 aromatic heterocycles. The lowest BCUT2D eigenvalue weighted by Crippen LogP contribution is -2.16. The smallest absolute Gasteiger partial charge is 0.297 e. The highest BCUT2D eigenvalue weighted by atomic mass is 35.5. The maximum Gasteiger partial charge on any atom is 0.297 e. The predicted octanol–water partition coefficient (Wildman–Crippen LogP) is 25.0. The molecule has 0 fully saturated rings. The molecule has 0 saturated heterocycles. The Labute approximate surface area is 821 Å². The summed E-state index contributed by atoms with van der Waals surface area (Å²) in [4.78, 5) is 39.3. The summed E-state index contributed by atoms with van der Waals surface area (Å²) in [5.74, 6) is -1.22. The molecule has 16 N–H and O–H groups in total. The molecule has 0 amide bonds. The fourth-order valence-electron chi connectivity index (χ4n) is 14.1. The number of rotatable bonds is 31. The SMILES string of the molecule is CNc1ccccc1N.Cc1cccc2c(SOOO)c(N=Nc3c(SOOO)cc4cc(Nc5nc(Cl)nc(Cl)n5)ccc4c3O)ccc12.Cc1cccc2c(SOOO)c(N=Nc3c(SOOO)cc4cc(Nc5nc(Cl)nc(N(C)c6ccccc6Nc6nc(Cl)nc(Nc7ccc8c(O)c(N=Nc9ccc%10c(C)cccc%10c9S(=O)(=O)O)c(S(=O)(=O)O)cc8c7)n6)n5)ccc4c3O)ccc12. The maximum atomic E-state index is 12.8. The zero-order chi connectivity index (χ0) is 98.5. The number of nitrogen functional groups attached to an aromatic ring is 1. The third kappa shape index (κ3) is 23.5. The standard InChI is InChI=1S/C55H40Cl2N14O14S4.C24H16Cl2N6O7S2.C7H10N2/c1-26-8-6-10-36-32(26)18-20-39(48(36)87-85-83-75)67-69-44-42(86-84-82-74)24-28-22-30(14-16-34(28)46(44)72)59-53-63-51(57)64-55(66-53)71(3)41-13-5-4-12-38(41)60-54-62-50(56)61-52(65-54)58-31-15-17-35-29(23-31)25-43(88(76,77)78)45(47(35)73)70-68-40-21-19-33-27(2)9-7-11-37(33)49(40)89(79,80)81;1-11-3-2-4-16-14(11)7-8-17(21(16)41-39-37-35)31-32-19-18(40-38-36-34)10-12-9-13(5-6-15(12)20(19)33)27-24-29-22(25)28-23(26)30-24;1-9-7-5-3-2-4-6(7)8/h4-25,72-75H,1-3H3,(H,76,77,78)(H,79,80,81)(H,59,63,64,66)(H2,58,60,61,62,65);2-10,33-35H,1H3,(H,27,28,29,30);2-5,9H,8H2,1H3. The average molecular weight is 2080 g/mol. The lowest BCUT2D eigenvalue weighted by molar-refractivity contribution is -0.432. The van der Waals surface area contributed by atoms with Gasteiger partial charge in [0.2, 0.25) is 50.9 Å². The Balaban J connectivity index is 0.000000240. The summed E-state index contributed by atoms with van der Waals surface area (Å²) in [5, 5.41) is 131. The Hall–Kier alpha value is -13.6. The van der Waals surface area contributed by atoms with E-state index in [9.17, 15) is 41.3 Å². The van der Waals surface area contributed by atoms with Crippen molar-refractivity contribution >= 4 is 283 Å². The monoisotopic (exact) mass is 2070 g/mol. The highest BCUT2D eigenvalue weighted by molar-refractivity contribution is 7.95. The fraction of sp³-hybridized carbons (Fsp3) is 0.0581. The molecule has 17 aromatic rings. The number of nitrogens with zero attached hydrogens (tertiary/aromatic N) is 16. The summed E-state index contributed by atoms with van der Waals surface area (Å²) in [6.07, 6.45) is 0. The van der Waals surface area contributed by atoms with Gasteiger partial charge in [-0.25, -0.2) is 21.0 Å². The highest BCUT2D eigenvalue weighted by Gasteiger charge is 2.28. The molecule has 0 atom stereocenters. The van der Waals surface area contributed by atoms with Crippen LogP contribution in [0.4, 0.5) is 104 Å². The van der Waals surface area contributed by atoms with Crippen molar-refractivity contribution < 1.29 is 99.8 Å². The maximum absolute atomic E-state index is 12.8. The molecule has 43 nitrogen and oxygen atoms in total. The quantitative estimate of drug-likeness (QED) is 0.00479. The van der Waals surface area contributed by atoms with Crippen molar-refractivity contribution in [2.75, 3.05) is 51.3 Å². The number of phenols is 3. The molecule has 0 bridgehead atoms. The van der Waals surface area contributed by atoms with Gasteiger partial charge in [0.15, 0.2) is 17.2 Å². The molecule has 0 aliphatic rings. The molecule has 0 aliphatic heterocycles. The molecule has 0 spiro atoms. The number of hydrogen-bond acceptors (Lipinski definition) is 45. The van der Waals surface area contributed by atoms with Crippen LogP contribution in [0.5, 0.6) is 17.2 Å². The minimum atomic E-state index is -5.13. The van der Waals surface area contributed by atoms with Crippen LogP contribution in [-0.2, 0) is 57.7 Å². The molecular formula is C86H66Cl4N22O21S6. The number of nitrogens with two attached hydrogens (primary N) is 1. The van der Waals surface area contributed by atoms with Crippen LogP contribution in [0.15, 0.2) is 272 Å². The lowest BCUT2D eigenvalue weighted by atomic mass is 10.1. The van der Waals surface area contributed by atoms with Gasteiger partial charge in [-0.1, -0.05) is 117 Å². The summed E-state index contributed by atoms with van der Waals surface area (Å²) in [6, 6.07) is 58.9. The van der Waals surface area contributed by atoms with E-state index in [1.807, 2.05) is 93.7 Å². The number of phenolic OH excluding ortho intramolecular Hbond substituents is 3. The summed E-state index contributed by atoms with van der Waals surface area (Å²) in [7, 11) is -6.54. The van der Waals surface area contributed by atoms with E-state index in [-0.39, 0.29) is 111 Å². The van der Waals surface area contributed by atoms with E-state index < -0.39 is 41.5 Å². The largest absolute Gasteiger partial charge is 0.505 e. The van der Waals surface area contributed by atoms with Crippen molar-refractivity contribution in [1.29, 1.82) is 0 Å². The Morgan fingerprint density at radius 3 is 1.22 bits per heavy atom. The molecule has 0 radical (unpaired) electrons. The normalized spacial score (nSPS) is 11.8. The fourth-order valence-corrected chi connectivity index (χ4v) is 18.4. The third-order valence-corrected chi connectivity index (χ3v) is 25.5. The van der Waals surface area contributed by atoms with E-state index >= 15 is 0 Å². The summed E-state index contributed by atoms with van der Waals surface area (Å²) in [6.45, 7) is 5.62. The van der Waals surface area contributed by atoms with Gasteiger partial charge in [0.1, 0.15) is 43.9 Å². The molecular weight excluding hydrogens is 2010 g/mol. The number of halogens is 4. The van der Waals surface area contributed by atoms with E-state index in [1.165, 1.54) is 36.4 Å². The van der Waals surface area contributed by atoms with Gasteiger partial charge >= 0.3 is 0 Å². The molecule has 0 aliphatic carbocycles. The Kier molecular flexibility index (Phi) is 31.9. The van der Waals surface area contributed by atoms with Gasteiger partial charge in [-0.3, -0.25) is 9.11 Å². The first-order valence-corrected chi connectivity index (χ1v) is 46.8. The van der Waals surface area contributed by atoms with Crippen LogP contribution in [-0.4, -0.2) is 121 Å². The number of azo groups is 3. The minimum absolute atomic E-state index is 0.0145. The van der Waals surface area contributed by atoms with Crippen molar-refractivity contribution in [3.63, 3.8) is 0 Å². The highest BCUT2D eigenvalue weighted by Crippen LogP contribution is 2.51. The molecule has 53 heteroatoms. The van der Waals surface area contributed by atoms with Crippen molar-refractivity contribution in [2.45, 2.75) is 50.1 Å². The Bertz CT molecular complexity index is 7960. The number of aromatic nitrogens is 9. The number of anilines is 12.